The van der Waals surface area contributed by atoms with Crippen molar-refractivity contribution in [1.29, 1.82) is 0 Å². The highest BCUT2D eigenvalue weighted by molar-refractivity contribution is 7.92. The lowest BCUT2D eigenvalue weighted by Crippen LogP contribution is -2.38. The van der Waals surface area contributed by atoms with E-state index in [0.29, 0.717) is 11.5 Å². The quantitative estimate of drug-likeness (QED) is 0.883. The molecule has 2 aliphatic carbocycles. The summed E-state index contributed by atoms with van der Waals surface area (Å²) in [4.78, 5) is 12.3. The Morgan fingerprint density at radius 2 is 2.05 bits per heavy atom. The Morgan fingerprint density at radius 3 is 2.59 bits per heavy atom. The second kappa shape index (κ2) is 5.74. The average Bonchev–Trinajstić information content (AvgIpc) is 3.02. The number of sulfonamides is 1. The Morgan fingerprint density at radius 1 is 1.27 bits per heavy atom. The van der Waals surface area contributed by atoms with Crippen LogP contribution in [0.4, 0.5) is 5.69 Å². The molecule has 2 N–H and O–H groups in total. The summed E-state index contributed by atoms with van der Waals surface area (Å²) in [5.74, 6) is 1.22. The van der Waals surface area contributed by atoms with Gasteiger partial charge in [-0.2, -0.15) is 0 Å². The van der Waals surface area contributed by atoms with Gasteiger partial charge in [0, 0.05) is 11.6 Å². The lowest BCUT2D eigenvalue weighted by Gasteiger charge is -2.23. The minimum Gasteiger partial charge on any atom is -0.349 e. The van der Waals surface area contributed by atoms with Crippen LogP contribution in [0.2, 0.25) is 5.02 Å². The fourth-order valence-corrected chi connectivity index (χ4v) is 4.47. The number of hydrogen-bond acceptors (Lipinski definition) is 3. The van der Waals surface area contributed by atoms with Crippen molar-refractivity contribution in [1.82, 2.24) is 5.32 Å². The van der Waals surface area contributed by atoms with Crippen LogP contribution in [0, 0.1) is 11.8 Å². The molecule has 2 saturated carbocycles. The zero-order chi connectivity index (χ0) is 15.9. The van der Waals surface area contributed by atoms with E-state index in [9.17, 15) is 13.2 Å². The highest BCUT2D eigenvalue weighted by Gasteiger charge is 2.40. The van der Waals surface area contributed by atoms with Crippen LogP contribution in [0.5, 0.6) is 0 Å². The highest BCUT2D eigenvalue weighted by Crippen LogP contribution is 2.44. The maximum absolute atomic E-state index is 12.3. The highest BCUT2D eigenvalue weighted by atomic mass is 35.5. The number of fused-ring (bicyclic) bond motifs is 2. The van der Waals surface area contributed by atoms with Crippen LogP contribution in [0.3, 0.4) is 0 Å². The zero-order valence-electron chi connectivity index (χ0n) is 12.3. The molecule has 3 rings (SSSR count). The number of nitrogens with one attached hydrogen (secondary N) is 2. The molecule has 1 aromatic rings. The molecule has 120 valence electrons. The molecule has 0 saturated heterocycles. The molecule has 0 aliphatic heterocycles. The second-order valence-electron chi connectivity index (χ2n) is 6.32. The van der Waals surface area contributed by atoms with Crippen LogP contribution in [0.1, 0.15) is 36.0 Å². The predicted molar refractivity (Wildman–Crippen MR) is 86.6 cm³/mol. The van der Waals surface area contributed by atoms with Crippen molar-refractivity contribution in [3.8, 4) is 0 Å². The van der Waals surface area contributed by atoms with Crippen molar-refractivity contribution < 1.29 is 13.2 Å². The van der Waals surface area contributed by atoms with Crippen molar-refractivity contribution in [2.75, 3.05) is 11.0 Å². The summed E-state index contributed by atoms with van der Waals surface area (Å²) in [5.41, 5.74) is 0.729. The largest absolute Gasteiger partial charge is 0.349 e. The van der Waals surface area contributed by atoms with Gasteiger partial charge >= 0.3 is 0 Å². The first-order valence-electron chi connectivity index (χ1n) is 7.40. The van der Waals surface area contributed by atoms with E-state index in [2.05, 4.69) is 10.0 Å². The zero-order valence-corrected chi connectivity index (χ0v) is 13.9. The van der Waals surface area contributed by atoms with Crippen LogP contribution >= 0.6 is 11.6 Å². The minimum absolute atomic E-state index is 0.148. The SMILES string of the molecule is CS(=O)(=O)Nc1ccc(C(=O)N[C@H]2C[C@@H]3CC[C@@H]2C3)cc1Cl. The van der Waals surface area contributed by atoms with Crippen molar-refractivity contribution in [3.63, 3.8) is 0 Å². The summed E-state index contributed by atoms with van der Waals surface area (Å²) >= 11 is 6.05. The molecule has 0 heterocycles. The standard InChI is InChI=1S/C15H19ClN2O3S/c1-22(20,21)18-13-5-4-11(8-12(13)16)15(19)17-14-7-9-2-3-10(14)6-9/h4-5,8-10,14,18H,2-3,6-7H2,1H3,(H,17,19)/t9-,10-,14+/m1/s1. The molecule has 5 nitrogen and oxygen atoms in total. The number of benzene rings is 1. The molecule has 0 aromatic heterocycles. The van der Waals surface area contributed by atoms with Crippen molar-refractivity contribution in [2.24, 2.45) is 11.8 Å². The molecule has 1 aromatic carbocycles. The Hall–Kier alpha value is -1.27. The summed E-state index contributed by atoms with van der Waals surface area (Å²) < 4.78 is 24.8. The maximum atomic E-state index is 12.3. The van der Waals surface area contributed by atoms with Crippen LogP contribution in [0.15, 0.2) is 18.2 Å². The topological polar surface area (TPSA) is 75.3 Å². The maximum Gasteiger partial charge on any atom is 0.251 e. The van der Waals surface area contributed by atoms with Gasteiger partial charge in [0.05, 0.1) is 17.0 Å². The molecule has 2 fully saturated rings. The lowest BCUT2D eigenvalue weighted by atomic mass is 9.95. The number of carbonyl (C=O) groups excluding carboxylic acids is 1. The molecule has 7 heteroatoms. The second-order valence-corrected chi connectivity index (χ2v) is 8.48. The van der Waals surface area contributed by atoms with Gasteiger partial charge in [-0.05, 0) is 49.3 Å². The van der Waals surface area contributed by atoms with Crippen LogP contribution in [-0.2, 0) is 10.0 Å². The number of rotatable bonds is 4. The summed E-state index contributed by atoms with van der Waals surface area (Å²) in [6, 6.07) is 4.86. The van der Waals surface area contributed by atoms with Crippen molar-refractivity contribution >= 4 is 33.2 Å². The van der Waals surface area contributed by atoms with E-state index in [-0.39, 0.29) is 22.7 Å². The van der Waals surface area contributed by atoms with E-state index in [1.165, 1.54) is 31.4 Å². The molecule has 0 radical (unpaired) electrons. The molecule has 2 aliphatic rings. The third kappa shape index (κ3) is 3.38. The van der Waals surface area contributed by atoms with Gasteiger partial charge in [-0.25, -0.2) is 8.42 Å². The van der Waals surface area contributed by atoms with E-state index >= 15 is 0 Å². The molecule has 0 unspecified atom stereocenters. The van der Waals surface area contributed by atoms with Crippen LogP contribution in [0.25, 0.3) is 0 Å². The normalized spacial score (nSPS) is 26.9. The first-order valence-corrected chi connectivity index (χ1v) is 9.67. The number of halogens is 1. The summed E-state index contributed by atoms with van der Waals surface area (Å²) in [6.07, 6.45) is 5.84. The molecular formula is C15H19ClN2O3S. The van der Waals surface area contributed by atoms with Gasteiger partial charge in [0.2, 0.25) is 10.0 Å². The Bertz CT molecular complexity index is 705. The van der Waals surface area contributed by atoms with E-state index in [1.54, 1.807) is 6.07 Å². The molecule has 22 heavy (non-hydrogen) atoms. The molecular weight excluding hydrogens is 324 g/mol. The summed E-state index contributed by atoms with van der Waals surface area (Å²) in [7, 11) is -3.39. The summed E-state index contributed by atoms with van der Waals surface area (Å²) in [5, 5.41) is 3.30. The average molecular weight is 343 g/mol. The number of hydrogen-bond donors (Lipinski definition) is 2. The fourth-order valence-electron chi connectivity index (χ4n) is 3.61. The predicted octanol–water partition coefficient (Wildman–Crippen LogP) is 2.63. The van der Waals surface area contributed by atoms with E-state index in [1.807, 2.05) is 0 Å². The van der Waals surface area contributed by atoms with Gasteiger partial charge in [-0.15, -0.1) is 0 Å². The smallest absolute Gasteiger partial charge is 0.251 e. The van der Waals surface area contributed by atoms with Crippen LogP contribution < -0.4 is 10.0 Å². The third-order valence-electron chi connectivity index (χ3n) is 4.58. The first kappa shape index (κ1) is 15.6. The van der Waals surface area contributed by atoms with Gasteiger partial charge in [0.1, 0.15) is 0 Å². The number of carbonyl (C=O) groups is 1. The van der Waals surface area contributed by atoms with Gasteiger partial charge < -0.3 is 5.32 Å². The van der Waals surface area contributed by atoms with Crippen molar-refractivity contribution in [2.45, 2.75) is 31.7 Å². The molecule has 1 amide bonds. The van der Waals surface area contributed by atoms with Gasteiger partial charge in [-0.3, -0.25) is 9.52 Å². The Balaban J connectivity index is 1.69. The number of amides is 1. The van der Waals surface area contributed by atoms with E-state index in [4.69, 9.17) is 11.6 Å². The number of anilines is 1. The molecule has 3 atom stereocenters. The lowest BCUT2D eigenvalue weighted by molar-refractivity contribution is 0.0923. The Labute approximate surface area is 135 Å². The van der Waals surface area contributed by atoms with Gasteiger partial charge in [0.25, 0.3) is 5.91 Å². The molecule has 0 spiro atoms. The van der Waals surface area contributed by atoms with Crippen molar-refractivity contribution in [3.05, 3.63) is 28.8 Å². The monoisotopic (exact) mass is 342 g/mol. The Kier molecular flexibility index (Phi) is 4.07. The van der Waals surface area contributed by atoms with E-state index < -0.39 is 10.0 Å². The van der Waals surface area contributed by atoms with E-state index in [0.717, 1.165) is 18.6 Å². The van der Waals surface area contributed by atoms with Gasteiger partial charge in [-0.1, -0.05) is 18.0 Å². The van der Waals surface area contributed by atoms with Crippen LogP contribution in [-0.4, -0.2) is 26.6 Å². The molecule has 2 bridgehead atoms. The third-order valence-corrected chi connectivity index (χ3v) is 5.48. The minimum atomic E-state index is -3.39. The fraction of sp³-hybridized carbons (Fsp3) is 0.533. The van der Waals surface area contributed by atoms with Gasteiger partial charge in [0.15, 0.2) is 0 Å². The first-order chi connectivity index (χ1) is 10.3. The summed E-state index contributed by atoms with van der Waals surface area (Å²) in [6.45, 7) is 0.